The van der Waals surface area contributed by atoms with E-state index >= 15 is 0 Å². The van der Waals surface area contributed by atoms with Crippen LogP contribution < -0.4 is 10.1 Å². The standard InChI is InChI=1S/C34H39ClN2O4/c1-7-37-24-15-33(3,4)17-26(38)31(24)30(32-25(37)16-34(5,6)18-27(32)39)21-10-13-28(23(35)14-21)41-19-29(40)36-22-11-8-20(2)9-12-22/h8-14,30H,7,15-19H2,1-6H3,(H,36,40). The van der Waals surface area contributed by atoms with Crippen LogP contribution in [0.5, 0.6) is 5.75 Å². The van der Waals surface area contributed by atoms with Gasteiger partial charge < -0.3 is 15.0 Å². The molecular formula is C34H39ClN2O4. The number of ether oxygens (including phenoxy) is 1. The minimum absolute atomic E-state index is 0.0908. The van der Waals surface area contributed by atoms with E-state index in [0.717, 1.165) is 46.5 Å². The number of nitrogens with zero attached hydrogens (tertiary/aromatic N) is 1. The molecular weight excluding hydrogens is 536 g/mol. The van der Waals surface area contributed by atoms with Gasteiger partial charge in [0.2, 0.25) is 0 Å². The molecule has 0 radical (unpaired) electrons. The van der Waals surface area contributed by atoms with E-state index in [-0.39, 0.29) is 34.9 Å². The predicted molar refractivity (Wildman–Crippen MR) is 162 cm³/mol. The number of carbonyl (C=O) groups excluding carboxylic acids is 3. The van der Waals surface area contributed by atoms with Gasteiger partial charge >= 0.3 is 0 Å². The number of hydrogen-bond acceptors (Lipinski definition) is 5. The molecule has 6 nitrogen and oxygen atoms in total. The summed E-state index contributed by atoms with van der Waals surface area (Å²) in [6.07, 6.45) is 2.42. The van der Waals surface area contributed by atoms with E-state index in [1.165, 1.54) is 0 Å². The topological polar surface area (TPSA) is 75.7 Å². The van der Waals surface area contributed by atoms with Crippen LogP contribution in [0.1, 0.15) is 77.3 Å². The number of hydrogen-bond donors (Lipinski definition) is 1. The van der Waals surface area contributed by atoms with Gasteiger partial charge in [-0.3, -0.25) is 14.4 Å². The molecule has 0 spiro atoms. The third-order valence-electron chi connectivity index (χ3n) is 8.32. The van der Waals surface area contributed by atoms with Crippen molar-refractivity contribution in [1.29, 1.82) is 0 Å². The fourth-order valence-corrected chi connectivity index (χ4v) is 6.80. The first-order valence-corrected chi connectivity index (χ1v) is 14.8. The Morgan fingerprint density at radius 3 is 2.00 bits per heavy atom. The number of amides is 1. The molecule has 7 heteroatoms. The number of allylic oxidation sites excluding steroid dienone is 4. The molecule has 3 aliphatic rings. The third-order valence-corrected chi connectivity index (χ3v) is 8.62. The highest BCUT2D eigenvalue weighted by Crippen LogP contribution is 2.54. The van der Waals surface area contributed by atoms with Crippen molar-refractivity contribution in [3.63, 3.8) is 0 Å². The highest BCUT2D eigenvalue weighted by Gasteiger charge is 2.48. The van der Waals surface area contributed by atoms with Crippen LogP contribution in [0.2, 0.25) is 5.02 Å². The van der Waals surface area contributed by atoms with Gasteiger partial charge in [0.1, 0.15) is 5.75 Å². The number of halogens is 1. The van der Waals surface area contributed by atoms with Crippen LogP contribution in [0.25, 0.3) is 0 Å². The first-order chi connectivity index (χ1) is 19.3. The minimum Gasteiger partial charge on any atom is -0.482 e. The lowest BCUT2D eigenvalue weighted by Crippen LogP contribution is -2.44. The quantitative estimate of drug-likeness (QED) is 0.390. The fraction of sp³-hybridized carbons (Fsp3) is 0.441. The normalized spacial score (nSPS) is 20.1. The summed E-state index contributed by atoms with van der Waals surface area (Å²) in [5.41, 5.74) is 5.79. The molecule has 0 bridgehead atoms. The van der Waals surface area contributed by atoms with Crippen LogP contribution in [-0.4, -0.2) is 35.5 Å². The average Bonchev–Trinajstić information content (AvgIpc) is 2.87. The van der Waals surface area contributed by atoms with Crippen LogP contribution in [0, 0.1) is 17.8 Å². The number of aryl methyl sites for hydroxylation is 1. The molecule has 0 unspecified atom stereocenters. The molecule has 1 aliphatic heterocycles. The summed E-state index contributed by atoms with van der Waals surface area (Å²) in [6, 6.07) is 12.9. The van der Waals surface area contributed by atoms with Crippen molar-refractivity contribution in [3.8, 4) is 5.75 Å². The highest BCUT2D eigenvalue weighted by atomic mass is 35.5. The lowest BCUT2D eigenvalue weighted by Gasteiger charge is -2.48. The molecule has 41 heavy (non-hydrogen) atoms. The van der Waals surface area contributed by atoms with Crippen LogP contribution in [0.4, 0.5) is 5.69 Å². The lowest BCUT2D eigenvalue weighted by molar-refractivity contribution is -0.120. The van der Waals surface area contributed by atoms with Crippen molar-refractivity contribution in [3.05, 3.63) is 81.2 Å². The maximum absolute atomic E-state index is 13.8. The molecule has 0 aromatic heterocycles. The molecule has 216 valence electrons. The maximum Gasteiger partial charge on any atom is 0.262 e. The molecule has 1 N–H and O–H groups in total. The summed E-state index contributed by atoms with van der Waals surface area (Å²) in [6.45, 7) is 13.1. The second-order valence-electron chi connectivity index (χ2n) is 13.2. The highest BCUT2D eigenvalue weighted by molar-refractivity contribution is 6.32. The minimum atomic E-state index is -0.466. The number of carbonyl (C=O) groups is 3. The summed E-state index contributed by atoms with van der Waals surface area (Å²) in [5, 5.41) is 3.15. The van der Waals surface area contributed by atoms with E-state index in [1.807, 2.05) is 37.3 Å². The molecule has 2 aromatic carbocycles. The number of rotatable bonds is 6. The van der Waals surface area contributed by atoms with Crippen molar-refractivity contribution in [2.45, 2.75) is 73.1 Å². The first kappa shape index (κ1) is 29.1. The molecule has 1 amide bonds. The van der Waals surface area contributed by atoms with E-state index < -0.39 is 5.92 Å². The first-order valence-electron chi connectivity index (χ1n) is 14.4. The van der Waals surface area contributed by atoms with Crippen molar-refractivity contribution >= 4 is 34.8 Å². The Hall–Kier alpha value is -3.38. The molecule has 1 heterocycles. The zero-order valence-corrected chi connectivity index (χ0v) is 25.6. The van der Waals surface area contributed by atoms with E-state index in [0.29, 0.717) is 35.8 Å². The number of benzene rings is 2. The Morgan fingerprint density at radius 1 is 0.927 bits per heavy atom. The average molecular weight is 575 g/mol. The van der Waals surface area contributed by atoms with Gasteiger partial charge in [-0.05, 0) is 67.3 Å². The number of nitrogens with one attached hydrogen (secondary N) is 1. The predicted octanol–water partition coefficient (Wildman–Crippen LogP) is 7.37. The smallest absolute Gasteiger partial charge is 0.262 e. The van der Waals surface area contributed by atoms with E-state index in [9.17, 15) is 14.4 Å². The van der Waals surface area contributed by atoms with Gasteiger partial charge in [0.05, 0.1) is 5.02 Å². The molecule has 0 fully saturated rings. The van der Waals surface area contributed by atoms with Gasteiger partial charge in [0, 0.05) is 53.5 Å². The molecule has 0 atom stereocenters. The fourth-order valence-electron chi connectivity index (χ4n) is 6.55. The Labute approximate surface area is 247 Å². The third kappa shape index (κ3) is 5.85. The summed E-state index contributed by atoms with van der Waals surface area (Å²) in [4.78, 5) is 42.3. The SMILES string of the molecule is CCN1C2=C(C(=O)CC(C)(C)C2)C(c2ccc(OCC(=O)Nc3ccc(C)cc3)c(Cl)c2)C2=C1CC(C)(C)CC2=O. The van der Waals surface area contributed by atoms with Crippen molar-refractivity contribution < 1.29 is 19.1 Å². The lowest BCUT2D eigenvalue weighted by atomic mass is 9.63. The Balaban J connectivity index is 1.48. The second-order valence-corrected chi connectivity index (χ2v) is 13.6. The van der Waals surface area contributed by atoms with Crippen molar-refractivity contribution in [2.75, 3.05) is 18.5 Å². The second kappa shape index (κ2) is 10.8. The van der Waals surface area contributed by atoms with Crippen LogP contribution in [0.15, 0.2) is 65.0 Å². The zero-order chi connectivity index (χ0) is 29.7. The Kier molecular flexibility index (Phi) is 7.66. The monoisotopic (exact) mass is 574 g/mol. The van der Waals surface area contributed by atoms with E-state index in [4.69, 9.17) is 16.3 Å². The zero-order valence-electron chi connectivity index (χ0n) is 24.8. The molecule has 0 saturated carbocycles. The summed E-state index contributed by atoms with van der Waals surface area (Å²) < 4.78 is 5.77. The van der Waals surface area contributed by atoms with Gasteiger partial charge in [0.25, 0.3) is 5.91 Å². The number of Topliss-reactive ketones (excluding diaryl/α,β-unsaturated/α-hetero) is 2. The van der Waals surface area contributed by atoms with Crippen molar-refractivity contribution in [1.82, 2.24) is 4.90 Å². The van der Waals surface area contributed by atoms with E-state index in [1.54, 1.807) is 12.1 Å². The van der Waals surface area contributed by atoms with E-state index in [2.05, 4.69) is 44.8 Å². The maximum atomic E-state index is 13.8. The Morgan fingerprint density at radius 2 is 1.49 bits per heavy atom. The molecule has 2 aromatic rings. The summed E-state index contributed by atoms with van der Waals surface area (Å²) in [7, 11) is 0. The summed E-state index contributed by atoms with van der Waals surface area (Å²) >= 11 is 6.71. The van der Waals surface area contributed by atoms with Gasteiger partial charge in [-0.2, -0.15) is 0 Å². The van der Waals surface area contributed by atoms with Gasteiger partial charge in [-0.25, -0.2) is 0 Å². The summed E-state index contributed by atoms with van der Waals surface area (Å²) in [5.74, 6) is -0.208. The van der Waals surface area contributed by atoms with Crippen LogP contribution >= 0.6 is 11.6 Å². The van der Waals surface area contributed by atoms with Gasteiger partial charge in [0.15, 0.2) is 18.2 Å². The van der Waals surface area contributed by atoms with Gasteiger partial charge in [-0.1, -0.05) is 63.1 Å². The van der Waals surface area contributed by atoms with Crippen LogP contribution in [-0.2, 0) is 14.4 Å². The van der Waals surface area contributed by atoms with Gasteiger partial charge in [-0.15, -0.1) is 0 Å². The Bertz CT molecular complexity index is 1430. The van der Waals surface area contributed by atoms with Crippen LogP contribution in [0.3, 0.4) is 0 Å². The molecule has 2 aliphatic carbocycles. The number of ketones is 2. The largest absolute Gasteiger partial charge is 0.482 e. The van der Waals surface area contributed by atoms with Crippen molar-refractivity contribution in [2.24, 2.45) is 10.8 Å². The molecule has 5 rings (SSSR count). The number of anilines is 1. The molecule has 0 saturated heterocycles.